The number of hydrogen-bond acceptors (Lipinski definition) is 5. The molecule has 0 saturated carbocycles. The fourth-order valence-electron chi connectivity index (χ4n) is 3.88. The van der Waals surface area contributed by atoms with E-state index in [9.17, 15) is 18.0 Å². The molecule has 2 aromatic carbocycles. The Hall–Kier alpha value is -3.62. The summed E-state index contributed by atoms with van der Waals surface area (Å²) >= 11 is 0. The van der Waals surface area contributed by atoms with Crippen molar-refractivity contribution in [3.63, 3.8) is 0 Å². The highest BCUT2D eigenvalue weighted by Crippen LogP contribution is 2.31. The lowest BCUT2D eigenvalue weighted by Crippen LogP contribution is -2.41. The molecule has 1 atom stereocenters. The zero-order valence-corrected chi connectivity index (χ0v) is 18.0. The number of ether oxygens (including phenoxy) is 1. The average Bonchev–Trinajstić information content (AvgIpc) is 2.84. The zero-order valence-electron chi connectivity index (χ0n) is 18.0. The molecule has 33 heavy (non-hydrogen) atoms. The monoisotopic (exact) mass is 456 g/mol. The third-order valence-corrected chi connectivity index (χ3v) is 5.63. The first-order valence-electron chi connectivity index (χ1n) is 10.6. The highest BCUT2D eigenvalue weighted by atomic mass is 19.4. The van der Waals surface area contributed by atoms with Crippen LogP contribution in [0.15, 0.2) is 60.7 Å². The number of aromatic nitrogens is 2. The van der Waals surface area contributed by atoms with Crippen LogP contribution in [0.25, 0.3) is 11.3 Å². The number of carbonyl (C=O) groups is 1. The molecule has 1 unspecified atom stereocenters. The van der Waals surface area contributed by atoms with Gasteiger partial charge in [-0.15, -0.1) is 10.2 Å². The fourth-order valence-corrected chi connectivity index (χ4v) is 3.88. The number of alkyl halides is 3. The van der Waals surface area contributed by atoms with Gasteiger partial charge in [0.1, 0.15) is 5.75 Å². The minimum absolute atomic E-state index is 0.224. The predicted octanol–water partition coefficient (Wildman–Crippen LogP) is 5.03. The number of rotatable bonds is 5. The third-order valence-electron chi connectivity index (χ3n) is 5.63. The maximum absolute atomic E-state index is 12.7. The summed E-state index contributed by atoms with van der Waals surface area (Å²) in [7, 11) is 1.60. The average molecular weight is 456 g/mol. The number of halogens is 3. The van der Waals surface area contributed by atoms with E-state index in [0.29, 0.717) is 35.9 Å². The van der Waals surface area contributed by atoms with Gasteiger partial charge < -0.3 is 15.0 Å². The van der Waals surface area contributed by atoms with Crippen LogP contribution in [0.5, 0.6) is 5.75 Å². The number of nitrogens with one attached hydrogen (secondary N) is 1. The molecule has 4 rings (SSSR count). The van der Waals surface area contributed by atoms with Crippen LogP contribution in [-0.2, 0) is 11.0 Å². The number of para-hydroxylation sites is 1. The van der Waals surface area contributed by atoms with Crippen molar-refractivity contribution in [2.24, 2.45) is 5.92 Å². The Morgan fingerprint density at radius 1 is 1.06 bits per heavy atom. The summed E-state index contributed by atoms with van der Waals surface area (Å²) in [5.41, 5.74) is 1.11. The summed E-state index contributed by atoms with van der Waals surface area (Å²) in [5, 5.41) is 11.4. The number of amides is 1. The molecule has 2 heterocycles. The Morgan fingerprint density at radius 2 is 1.82 bits per heavy atom. The summed E-state index contributed by atoms with van der Waals surface area (Å²) in [4.78, 5) is 14.7. The van der Waals surface area contributed by atoms with Crippen LogP contribution < -0.4 is 15.0 Å². The number of piperidine rings is 1. The van der Waals surface area contributed by atoms with Gasteiger partial charge in [0.25, 0.3) is 0 Å². The molecule has 1 aliphatic rings. The molecule has 9 heteroatoms. The minimum atomic E-state index is -4.41. The van der Waals surface area contributed by atoms with Crippen LogP contribution in [0.1, 0.15) is 18.4 Å². The van der Waals surface area contributed by atoms with Gasteiger partial charge >= 0.3 is 6.18 Å². The molecule has 1 aliphatic heterocycles. The lowest BCUT2D eigenvalue weighted by molar-refractivity contribution is -0.137. The Morgan fingerprint density at radius 3 is 2.48 bits per heavy atom. The molecule has 6 nitrogen and oxygen atoms in total. The van der Waals surface area contributed by atoms with Crippen molar-refractivity contribution in [3.05, 3.63) is 66.2 Å². The van der Waals surface area contributed by atoms with E-state index >= 15 is 0 Å². The number of hydrogen-bond donors (Lipinski definition) is 1. The van der Waals surface area contributed by atoms with Crippen molar-refractivity contribution in [1.29, 1.82) is 0 Å². The van der Waals surface area contributed by atoms with E-state index < -0.39 is 11.7 Å². The molecule has 1 N–H and O–H groups in total. The Kier molecular flexibility index (Phi) is 6.48. The lowest BCUT2D eigenvalue weighted by atomic mass is 9.97. The van der Waals surface area contributed by atoms with Gasteiger partial charge in [-0.25, -0.2) is 0 Å². The Bertz CT molecular complexity index is 1100. The van der Waals surface area contributed by atoms with Crippen LogP contribution >= 0.6 is 0 Å². The molecule has 1 saturated heterocycles. The number of methoxy groups -OCH3 is 1. The van der Waals surface area contributed by atoms with E-state index in [2.05, 4.69) is 15.5 Å². The lowest BCUT2D eigenvalue weighted by Gasteiger charge is -2.32. The Balaban J connectivity index is 1.41. The standard InChI is InChI=1S/C24H23F3N4O2/c1-33-21-7-3-2-6-19(21)20-12-13-22(30-29-20)31-14-4-5-16(15-31)23(32)28-18-10-8-17(9-11-18)24(25,26)27/h2-3,6-13,16H,4-5,14-15H2,1H3,(H,28,32). The molecule has 3 aromatic rings. The first kappa shape index (κ1) is 22.6. The molecule has 172 valence electrons. The highest BCUT2D eigenvalue weighted by molar-refractivity contribution is 5.93. The van der Waals surface area contributed by atoms with E-state index in [0.717, 1.165) is 30.7 Å². The summed E-state index contributed by atoms with van der Waals surface area (Å²) < 4.78 is 43.6. The second kappa shape index (κ2) is 9.48. The smallest absolute Gasteiger partial charge is 0.416 e. The minimum Gasteiger partial charge on any atom is -0.496 e. The fraction of sp³-hybridized carbons (Fsp3) is 0.292. The van der Waals surface area contributed by atoms with Gasteiger partial charge in [-0.3, -0.25) is 4.79 Å². The molecule has 1 aromatic heterocycles. The molecule has 0 radical (unpaired) electrons. The van der Waals surface area contributed by atoms with Crippen molar-refractivity contribution in [1.82, 2.24) is 10.2 Å². The van der Waals surface area contributed by atoms with Crippen LogP contribution in [0.3, 0.4) is 0 Å². The predicted molar refractivity (Wildman–Crippen MR) is 119 cm³/mol. The molecule has 0 aliphatic carbocycles. The van der Waals surface area contributed by atoms with Gasteiger partial charge in [-0.05, 0) is 61.4 Å². The van der Waals surface area contributed by atoms with Gasteiger partial charge in [0, 0.05) is 24.3 Å². The maximum Gasteiger partial charge on any atom is 0.416 e. The first-order valence-corrected chi connectivity index (χ1v) is 10.6. The maximum atomic E-state index is 12.7. The first-order chi connectivity index (χ1) is 15.8. The van der Waals surface area contributed by atoms with E-state index in [1.165, 1.54) is 12.1 Å². The SMILES string of the molecule is COc1ccccc1-c1ccc(N2CCCC(C(=O)Nc3ccc(C(F)(F)F)cc3)C2)nn1. The zero-order chi connectivity index (χ0) is 23.4. The van der Waals surface area contributed by atoms with E-state index in [4.69, 9.17) is 4.74 Å². The van der Waals surface area contributed by atoms with Gasteiger partial charge in [0.15, 0.2) is 5.82 Å². The molecular weight excluding hydrogens is 433 g/mol. The van der Waals surface area contributed by atoms with Crippen molar-refractivity contribution in [2.75, 3.05) is 30.4 Å². The quantitative estimate of drug-likeness (QED) is 0.584. The van der Waals surface area contributed by atoms with Gasteiger partial charge in [0.2, 0.25) is 5.91 Å². The summed E-state index contributed by atoms with van der Waals surface area (Å²) in [5.74, 6) is 0.841. The van der Waals surface area contributed by atoms with Crippen molar-refractivity contribution < 1.29 is 22.7 Å². The Labute approximate surface area is 189 Å². The topological polar surface area (TPSA) is 67.3 Å². The van der Waals surface area contributed by atoms with Gasteiger partial charge in [-0.2, -0.15) is 13.2 Å². The number of carbonyl (C=O) groups excluding carboxylic acids is 1. The number of benzene rings is 2. The molecule has 0 bridgehead atoms. The highest BCUT2D eigenvalue weighted by Gasteiger charge is 2.30. The molecule has 1 amide bonds. The second-order valence-electron chi connectivity index (χ2n) is 7.83. The van der Waals surface area contributed by atoms with Crippen LogP contribution in [-0.4, -0.2) is 36.3 Å². The van der Waals surface area contributed by atoms with Crippen molar-refractivity contribution in [3.8, 4) is 17.0 Å². The number of nitrogens with zero attached hydrogens (tertiary/aromatic N) is 3. The molecular formula is C24H23F3N4O2. The summed E-state index contributed by atoms with van der Waals surface area (Å²) in [6.07, 6.45) is -2.93. The normalized spacial score (nSPS) is 16.4. The molecule has 0 spiro atoms. The third kappa shape index (κ3) is 5.24. The van der Waals surface area contributed by atoms with Gasteiger partial charge in [-0.1, -0.05) is 12.1 Å². The van der Waals surface area contributed by atoms with E-state index in [1.807, 2.05) is 41.3 Å². The van der Waals surface area contributed by atoms with E-state index in [-0.39, 0.29) is 11.8 Å². The van der Waals surface area contributed by atoms with Gasteiger partial charge in [0.05, 0.1) is 24.3 Å². The number of anilines is 2. The van der Waals surface area contributed by atoms with Crippen LogP contribution in [0, 0.1) is 5.92 Å². The molecule has 1 fully saturated rings. The van der Waals surface area contributed by atoms with Crippen molar-refractivity contribution in [2.45, 2.75) is 19.0 Å². The summed E-state index contributed by atoms with van der Waals surface area (Å²) in [6, 6.07) is 15.7. The largest absolute Gasteiger partial charge is 0.496 e. The van der Waals surface area contributed by atoms with Crippen molar-refractivity contribution >= 4 is 17.4 Å². The van der Waals surface area contributed by atoms with Crippen LogP contribution in [0.2, 0.25) is 0 Å². The van der Waals surface area contributed by atoms with Crippen LogP contribution in [0.4, 0.5) is 24.7 Å². The van der Waals surface area contributed by atoms with E-state index in [1.54, 1.807) is 7.11 Å². The second-order valence-corrected chi connectivity index (χ2v) is 7.83. The summed E-state index contributed by atoms with van der Waals surface area (Å²) in [6.45, 7) is 1.20.